The highest BCUT2D eigenvalue weighted by Crippen LogP contribution is 2.53. The zero-order chi connectivity index (χ0) is 24.9. The molecule has 3 N–H and O–H groups in total. The molecule has 0 aliphatic carbocycles. The van der Waals surface area contributed by atoms with Gasteiger partial charge in [-0.15, -0.1) is 0 Å². The molecule has 0 amide bonds. The molecule has 0 saturated heterocycles. The van der Waals surface area contributed by atoms with Crippen molar-refractivity contribution in [3.05, 3.63) is 69.9 Å². The van der Waals surface area contributed by atoms with Crippen molar-refractivity contribution in [2.24, 2.45) is 0 Å². The van der Waals surface area contributed by atoms with E-state index in [-0.39, 0.29) is 51.7 Å². The van der Waals surface area contributed by atoms with E-state index >= 15 is 0 Å². The molecule has 178 valence electrons. The number of hydrogen-bond donors (Lipinski definition) is 3. The van der Waals surface area contributed by atoms with Gasteiger partial charge in [0.15, 0.2) is 28.4 Å². The van der Waals surface area contributed by atoms with Gasteiger partial charge in [0.2, 0.25) is 11.5 Å². The zero-order valence-electron chi connectivity index (χ0n) is 18.7. The molecule has 1 aromatic heterocycles. The lowest BCUT2D eigenvalue weighted by atomic mass is 9.84. The monoisotopic (exact) mass is 476 g/mol. The minimum Gasteiger partial charge on any atom is -0.504 e. The lowest BCUT2D eigenvalue weighted by Gasteiger charge is -2.27. The summed E-state index contributed by atoms with van der Waals surface area (Å²) in [4.78, 5) is 25.6. The fourth-order valence-electron chi connectivity index (χ4n) is 4.35. The van der Waals surface area contributed by atoms with E-state index in [4.69, 9.17) is 18.6 Å². The fourth-order valence-corrected chi connectivity index (χ4v) is 4.35. The first-order valence-corrected chi connectivity index (χ1v) is 10.6. The van der Waals surface area contributed by atoms with Gasteiger partial charge in [-0.1, -0.05) is 30.3 Å². The van der Waals surface area contributed by atoms with Crippen LogP contribution in [0, 0.1) is 0 Å². The third kappa shape index (κ3) is 3.48. The van der Waals surface area contributed by atoms with Gasteiger partial charge in [0.25, 0.3) is 0 Å². The maximum Gasteiger partial charge on any atom is 0.312 e. The molecule has 0 saturated carbocycles. The summed E-state index contributed by atoms with van der Waals surface area (Å²) in [6.07, 6.45) is -0.178. The standard InChI is InChI=1S/C26H20O9/c1-32-17-8-13(9-18(33-2)22(17)29)14-10-19(28)35-26-20(14)25-21(23(30)24(26)31)15(27)11-16(34-25)12-6-4-3-5-7-12/h3-9,11,14,29-31H,10H2,1-2H3/t14-/m1/s1. The highest BCUT2D eigenvalue weighted by molar-refractivity contribution is 5.96. The van der Waals surface area contributed by atoms with Crippen molar-refractivity contribution in [1.29, 1.82) is 0 Å². The number of esters is 1. The predicted molar refractivity (Wildman–Crippen MR) is 125 cm³/mol. The Balaban J connectivity index is 1.86. The van der Waals surface area contributed by atoms with Crippen LogP contribution in [0.5, 0.6) is 34.5 Å². The van der Waals surface area contributed by atoms with Crippen LogP contribution in [0.3, 0.4) is 0 Å². The smallest absolute Gasteiger partial charge is 0.312 e. The molecule has 4 aromatic rings. The van der Waals surface area contributed by atoms with Crippen LogP contribution < -0.4 is 19.6 Å². The molecule has 9 nitrogen and oxygen atoms in total. The first-order chi connectivity index (χ1) is 16.8. The minimum atomic E-state index is -0.794. The lowest BCUT2D eigenvalue weighted by molar-refractivity contribution is -0.135. The summed E-state index contributed by atoms with van der Waals surface area (Å²) in [5, 5.41) is 31.4. The topological polar surface area (TPSA) is 136 Å². The minimum absolute atomic E-state index is 0.0369. The van der Waals surface area contributed by atoms with Crippen molar-refractivity contribution in [3.63, 3.8) is 0 Å². The molecule has 0 fully saturated rings. The quantitative estimate of drug-likeness (QED) is 0.226. The van der Waals surface area contributed by atoms with E-state index in [9.17, 15) is 24.9 Å². The average molecular weight is 476 g/mol. The molecule has 5 rings (SSSR count). The molecule has 2 heterocycles. The SMILES string of the molecule is COc1cc([C@H]2CC(=O)Oc3c(O)c(O)c4c(=O)cc(-c5ccccc5)oc4c32)cc(OC)c1O. The summed E-state index contributed by atoms with van der Waals surface area (Å²) < 4.78 is 21.9. The number of fused-ring (bicyclic) bond motifs is 3. The van der Waals surface area contributed by atoms with Crippen molar-refractivity contribution in [1.82, 2.24) is 0 Å². The number of benzene rings is 3. The van der Waals surface area contributed by atoms with Crippen LogP contribution in [0.25, 0.3) is 22.3 Å². The van der Waals surface area contributed by atoms with E-state index in [0.29, 0.717) is 11.1 Å². The van der Waals surface area contributed by atoms with E-state index < -0.39 is 28.8 Å². The Morgan fingerprint density at radius 3 is 2.17 bits per heavy atom. The number of ether oxygens (including phenoxy) is 3. The summed E-state index contributed by atoms with van der Waals surface area (Å²) in [6, 6.07) is 13.1. The normalized spacial score (nSPS) is 14.9. The van der Waals surface area contributed by atoms with Gasteiger partial charge in [-0.2, -0.15) is 0 Å². The van der Waals surface area contributed by atoms with Crippen molar-refractivity contribution in [2.45, 2.75) is 12.3 Å². The Hall–Kier alpha value is -4.66. The Morgan fingerprint density at radius 2 is 1.54 bits per heavy atom. The third-order valence-electron chi connectivity index (χ3n) is 6.01. The Labute approximate surface area is 198 Å². The number of methoxy groups -OCH3 is 2. The number of phenolic OH excluding ortho intramolecular Hbond substituents is 3. The largest absolute Gasteiger partial charge is 0.504 e. The van der Waals surface area contributed by atoms with Gasteiger partial charge in [-0.3, -0.25) is 9.59 Å². The Bertz CT molecular complexity index is 1510. The number of carbonyl (C=O) groups excluding carboxylic acids is 1. The average Bonchev–Trinajstić information content (AvgIpc) is 2.87. The van der Waals surface area contributed by atoms with Gasteiger partial charge in [-0.25, -0.2) is 0 Å². The van der Waals surface area contributed by atoms with E-state index in [1.165, 1.54) is 32.4 Å². The van der Waals surface area contributed by atoms with Gasteiger partial charge >= 0.3 is 5.97 Å². The molecular weight excluding hydrogens is 456 g/mol. The summed E-state index contributed by atoms with van der Waals surface area (Å²) in [6.45, 7) is 0. The first kappa shape index (κ1) is 22.1. The third-order valence-corrected chi connectivity index (χ3v) is 6.01. The van der Waals surface area contributed by atoms with Gasteiger partial charge < -0.3 is 33.9 Å². The van der Waals surface area contributed by atoms with Gasteiger partial charge in [0.05, 0.1) is 26.2 Å². The van der Waals surface area contributed by atoms with Crippen LogP contribution >= 0.6 is 0 Å². The zero-order valence-corrected chi connectivity index (χ0v) is 18.7. The van der Waals surface area contributed by atoms with Crippen LogP contribution in [0.1, 0.15) is 23.5 Å². The first-order valence-electron chi connectivity index (χ1n) is 10.6. The summed E-state index contributed by atoms with van der Waals surface area (Å²) in [5.74, 6) is -3.08. The maximum absolute atomic E-state index is 13.1. The van der Waals surface area contributed by atoms with Gasteiger partial charge in [0, 0.05) is 17.5 Å². The molecule has 1 atom stereocenters. The predicted octanol–water partition coefficient (Wildman–Crippen LogP) is 4.04. The van der Waals surface area contributed by atoms with E-state index in [1.807, 2.05) is 6.07 Å². The van der Waals surface area contributed by atoms with Crippen molar-refractivity contribution < 1.29 is 38.7 Å². The lowest BCUT2D eigenvalue weighted by Crippen LogP contribution is -2.22. The molecule has 0 spiro atoms. The fraction of sp³-hybridized carbons (Fsp3) is 0.154. The van der Waals surface area contributed by atoms with Crippen LogP contribution in [0.2, 0.25) is 0 Å². The van der Waals surface area contributed by atoms with Gasteiger partial charge in [0.1, 0.15) is 16.7 Å². The Kier molecular flexibility index (Phi) is 5.24. The van der Waals surface area contributed by atoms with E-state index in [0.717, 1.165) is 0 Å². The van der Waals surface area contributed by atoms with Crippen LogP contribution in [-0.2, 0) is 4.79 Å². The number of rotatable bonds is 4. The summed E-state index contributed by atoms with van der Waals surface area (Å²) in [7, 11) is 2.73. The second-order valence-corrected chi connectivity index (χ2v) is 7.99. The molecule has 1 aliphatic heterocycles. The second-order valence-electron chi connectivity index (χ2n) is 7.99. The van der Waals surface area contributed by atoms with Gasteiger partial charge in [-0.05, 0) is 17.7 Å². The van der Waals surface area contributed by atoms with Crippen LogP contribution in [-0.4, -0.2) is 35.5 Å². The van der Waals surface area contributed by atoms with Crippen molar-refractivity contribution in [2.75, 3.05) is 14.2 Å². The molecule has 1 aliphatic rings. The number of hydrogen-bond acceptors (Lipinski definition) is 9. The Morgan fingerprint density at radius 1 is 0.886 bits per heavy atom. The summed E-state index contributed by atoms with van der Waals surface area (Å²) in [5.41, 5.74) is 0.653. The highest BCUT2D eigenvalue weighted by Gasteiger charge is 2.37. The summed E-state index contributed by atoms with van der Waals surface area (Å²) >= 11 is 0. The second kappa shape index (κ2) is 8.28. The van der Waals surface area contributed by atoms with E-state index in [2.05, 4.69) is 0 Å². The molecule has 9 heteroatoms. The molecule has 0 unspecified atom stereocenters. The van der Waals surface area contributed by atoms with Crippen molar-refractivity contribution >= 4 is 16.9 Å². The van der Waals surface area contributed by atoms with Crippen molar-refractivity contribution in [3.8, 4) is 45.8 Å². The molecular formula is C26H20O9. The molecule has 3 aromatic carbocycles. The number of aromatic hydroxyl groups is 3. The molecule has 35 heavy (non-hydrogen) atoms. The van der Waals surface area contributed by atoms with Crippen LogP contribution in [0.15, 0.2) is 57.7 Å². The maximum atomic E-state index is 13.1. The highest BCUT2D eigenvalue weighted by atomic mass is 16.5. The van der Waals surface area contributed by atoms with E-state index in [1.54, 1.807) is 24.3 Å². The van der Waals surface area contributed by atoms with Crippen LogP contribution in [0.4, 0.5) is 0 Å². The molecule has 0 bridgehead atoms. The number of carbonyl (C=O) groups is 1. The molecule has 0 radical (unpaired) electrons. The number of phenols is 3.